The van der Waals surface area contributed by atoms with Crippen LogP contribution in [0, 0.1) is 11.3 Å². The number of amides is 1. The Labute approximate surface area is 127 Å². The van der Waals surface area contributed by atoms with Crippen LogP contribution in [0.5, 0.6) is 0 Å². The number of anilines is 1. The average molecular weight is 297 g/mol. The van der Waals surface area contributed by atoms with Crippen LogP contribution < -0.4 is 5.32 Å². The highest BCUT2D eigenvalue weighted by molar-refractivity contribution is 7.15. The van der Waals surface area contributed by atoms with Crippen molar-refractivity contribution in [2.75, 3.05) is 5.32 Å². The van der Waals surface area contributed by atoms with Crippen LogP contribution >= 0.6 is 11.3 Å². The number of aryl methyl sites for hydroxylation is 2. The quantitative estimate of drug-likeness (QED) is 0.945. The first kappa shape index (κ1) is 13.8. The fourth-order valence-electron chi connectivity index (χ4n) is 2.51. The van der Waals surface area contributed by atoms with Gasteiger partial charge in [0.1, 0.15) is 0 Å². The second kappa shape index (κ2) is 6.06. The zero-order valence-electron chi connectivity index (χ0n) is 11.5. The van der Waals surface area contributed by atoms with E-state index < -0.39 is 5.92 Å². The van der Waals surface area contributed by atoms with Gasteiger partial charge in [0.25, 0.3) is 0 Å². The van der Waals surface area contributed by atoms with Crippen LogP contribution in [0.15, 0.2) is 30.3 Å². The first-order valence-corrected chi connectivity index (χ1v) is 7.83. The van der Waals surface area contributed by atoms with E-state index in [4.69, 9.17) is 0 Å². The lowest BCUT2D eigenvalue weighted by Gasteiger charge is -2.08. The highest BCUT2D eigenvalue weighted by Gasteiger charge is 2.22. The molecule has 0 aliphatic heterocycles. The van der Waals surface area contributed by atoms with E-state index in [0.717, 1.165) is 25.0 Å². The highest BCUT2D eigenvalue weighted by atomic mass is 32.1. The van der Waals surface area contributed by atoms with Gasteiger partial charge >= 0.3 is 0 Å². The third-order valence-electron chi connectivity index (χ3n) is 3.60. The zero-order chi connectivity index (χ0) is 14.7. The fourth-order valence-corrected chi connectivity index (χ4v) is 3.57. The van der Waals surface area contributed by atoms with Gasteiger partial charge in [-0.3, -0.25) is 4.79 Å². The van der Waals surface area contributed by atoms with Gasteiger partial charge in [-0.1, -0.05) is 30.3 Å². The molecule has 1 aromatic heterocycles. The highest BCUT2D eigenvalue weighted by Crippen LogP contribution is 2.30. The maximum atomic E-state index is 12.3. The minimum absolute atomic E-state index is 0.310. The molecule has 1 N–H and O–H groups in total. The number of benzene rings is 1. The largest absolute Gasteiger partial charge is 0.301 e. The predicted octanol–water partition coefficient (Wildman–Crippen LogP) is 3.27. The van der Waals surface area contributed by atoms with Gasteiger partial charge in [-0.25, -0.2) is 4.98 Å². The molecule has 1 unspecified atom stereocenters. The van der Waals surface area contributed by atoms with Crippen LogP contribution in [0.2, 0.25) is 0 Å². The van der Waals surface area contributed by atoms with Gasteiger partial charge in [-0.15, -0.1) is 11.3 Å². The first-order chi connectivity index (χ1) is 10.3. The second-order valence-corrected chi connectivity index (χ2v) is 6.14. The molecular formula is C16H15N3OS. The molecule has 106 valence electrons. The summed E-state index contributed by atoms with van der Waals surface area (Å²) >= 11 is 1.53. The van der Waals surface area contributed by atoms with E-state index in [-0.39, 0.29) is 5.91 Å². The van der Waals surface area contributed by atoms with Gasteiger partial charge in [0.15, 0.2) is 11.0 Å². The molecule has 1 aromatic carbocycles. The van der Waals surface area contributed by atoms with Gasteiger partial charge in [0.2, 0.25) is 5.91 Å². The Kier molecular flexibility index (Phi) is 3.98. The Morgan fingerprint density at radius 2 is 2.05 bits per heavy atom. The number of nitriles is 1. The summed E-state index contributed by atoms with van der Waals surface area (Å²) in [4.78, 5) is 18.0. The van der Waals surface area contributed by atoms with Gasteiger partial charge < -0.3 is 5.32 Å². The van der Waals surface area contributed by atoms with E-state index in [0.29, 0.717) is 10.7 Å². The Bertz CT molecular complexity index is 664. The third kappa shape index (κ3) is 2.96. The molecule has 2 aromatic rings. The minimum Gasteiger partial charge on any atom is -0.301 e. The van der Waals surface area contributed by atoms with Crippen LogP contribution in [0.25, 0.3) is 0 Å². The third-order valence-corrected chi connectivity index (χ3v) is 4.67. The van der Waals surface area contributed by atoms with E-state index in [1.54, 1.807) is 12.1 Å². The van der Waals surface area contributed by atoms with Crippen molar-refractivity contribution in [1.82, 2.24) is 4.98 Å². The summed E-state index contributed by atoms with van der Waals surface area (Å²) in [6.45, 7) is 0. The summed E-state index contributed by atoms with van der Waals surface area (Å²) in [6.07, 6.45) is 4.38. The van der Waals surface area contributed by atoms with E-state index >= 15 is 0 Å². The van der Waals surface area contributed by atoms with E-state index in [9.17, 15) is 10.1 Å². The van der Waals surface area contributed by atoms with Crippen molar-refractivity contribution in [2.45, 2.75) is 31.6 Å². The molecule has 0 saturated carbocycles. The monoisotopic (exact) mass is 297 g/mol. The molecule has 1 heterocycles. The number of nitrogens with zero attached hydrogens (tertiary/aromatic N) is 2. The number of nitrogens with one attached hydrogen (secondary N) is 1. The molecular weight excluding hydrogens is 282 g/mol. The van der Waals surface area contributed by atoms with E-state index in [1.807, 2.05) is 18.2 Å². The Hall–Kier alpha value is -2.19. The second-order valence-electron chi connectivity index (χ2n) is 5.06. The fraction of sp³-hybridized carbons (Fsp3) is 0.312. The van der Waals surface area contributed by atoms with Crippen molar-refractivity contribution in [2.24, 2.45) is 0 Å². The molecule has 0 saturated heterocycles. The van der Waals surface area contributed by atoms with Gasteiger partial charge in [-0.2, -0.15) is 5.26 Å². The standard InChI is InChI=1S/C16H15N3OS/c17-10-12(11-6-2-1-3-7-11)15(20)19-16-18-13-8-4-5-9-14(13)21-16/h1-3,6-7,12H,4-5,8-9H2,(H,18,19,20). The molecule has 1 atom stereocenters. The molecule has 4 nitrogen and oxygen atoms in total. The average Bonchev–Trinajstić information content (AvgIpc) is 2.91. The van der Waals surface area contributed by atoms with Crippen molar-refractivity contribution in [3.8, 4) is 6.07 Å². The van der Waals surface area contributed by atoms with E-state index in [1.165, 1.54) is 22.6 Å². The van der Waals surface area contributed by atoms with Crippen LogP contribution in [0.1, 0.15) is 34.9 Å². The number of aromatic nitrogens is 1. The van der Waals surface area contributed by atoms with Crippen LogP contribution in [-0.4, -0.2) is 10.9 Å². The van der Waals surface area contributed by atoms with Crippen molar-refractivity contribution in [1.29, 1.82) is 5.26 Å². The lowest BCUT2D eigenvalue weighted by Crippen LogP contribution is -2.19. The van der Waals surface area contributed by atoms with Crippen LogP contribution in [0.3, 0.4) is 0 Å². The number of carbonyl (C=O) groups excluding carboxylic acids is 1. The molecule has 0 bridgehead atoms. The molecule has 0 fully saturated rings. The number of carbonyl (C=O) groups is 1. The van der Waals surface area contributed by atoms with Gasteiger partial charge in [0.05, 0.1) is 11.8 Å². The smallest absolute Gasteiger partial charge is 0.248 e. The molecule has 5 heteroatoms. The topological polar surface area (TPSA) is 65.8 Å². The maximum absolute atomic E-state index is 12.3. The summed E-state index contributed by atoms with van der Waals surface area (Å²) < 4.78 is 0. The van der Waals surface area contributed by atoms with Crippen molar-refractivity contribution >= 4 is 22.4 Å². The SMILES string of the molecule is N#CC(C(=O)Nc1nc2c(s1)CCCC2)c1ccccc1. The van der Waals surface area contributed by atoms with E-state index in [2.05, 4.69) is 16.4 Å². The summed E-state index contributed by atoms with van der Waals surface area (Å²) in [5, 5.41) is 12.7. The normalized spacial score (nSPS) is 14.8. The minimum atomic E-state index is -0.799. The van der Waals surface area contributed by atoms with Gasteiger partial charge in [-0.05, 0) is 31.2 Å². The molecule has 1 aliphatic carbocycles. The number of thiazole rings is 1. The predicted molar refractivity (Wildman–Crippen MR) is 82.2 cm³/mol. The lowest BCUT2D eigenvalue weighted by atomic mass is 10.0. The molecule has 21 heavy (non-hydrogen) atoms. The molecule has 1 amide bonds. The van der Waals surface area contributed by atoms with Crippen molar-refractivity contribution in [3.63, 3.8) is 0 Å². The Morgan fingerprint density at radius 3 is 2.76 bits per heavy atom. The molecule has 0 spiro atoms. The number of hydrogen-bond donors (Lipinski definition) is 1. The summed E-state index contributed by atoms with van der Waals surface area (Å²) in [5.41, 5.74) is 1.81. The first-order valence-electron chi connectivity index (χ1n) is 7.02. The molecule has 0 radical (unpaired) electrons. The lowest BCUT2D eigenvalue weighted by molar-refractivity contribution is -0.116. The van der Waals surface area contributed by atoms with Crippen molar-refractivity contribution in [3.05, 3.63) is 46.5 Å². The van der Waals surface area contributed by atoms with Crippen LogP contribution in [-0.2, 0) is 17.6 Å². The number of hydrogen-bond acceptors (Lipinski definition) is 4. The molecule has 3 rings (SSSR count). The van der Waals surface area contributed by atoms with Gasteiger partial charge in [0, 0.05) is 4.88 Å². The summed E-state index contributed by atoms with van der Waals surface area (Å²) in [5.74, 6) is -1.11. The maximum Gasteiger partial charge on any atom is 0.248 e. The zero-order valence-corrected chi connectivity index (χ0v) is 12.3. The number of fused-ring (bicyclic) bond motifs is 1. The van der Waals surface area contributed by atoms with Crippen LogP contribution in [0.4, 0.5) is 5.13 Å². The Balaban J connectivity index is 1.76. The van der Waals surface area contributed by atoms with Crippen molar-refractivity contribution < 1.29 is 4.79 Å². The molecule has 1 aliphatic rings. The Morgan fingerprint density at radius 1 is 1.29 bits per heavy atom. The summed E-state index contributed by atoms with van der Waals surface area (Å²) in [6, 6.07) is 11.2. The number of rotatable bonds is 3. The summed E-state index contributed by atoms with van der Waals surface area (Å²) in [7, 11) is 0.